The Hall–Kier alpha value is -1.74. The highest BCUT2D eigenvalue weighted by molar-refractivity contribution is 5.25. The fourth-order valence-corrected chi connectivity index (χ4v) is 1.97. The van der Waals surface area contributed by atoms with E-state index in [1.54, 1.807) is 18.2 Å². The van der Waals surface area contributed by atoms with Crippen LogP contribution in [0.2, 0.25) is 0 Å². The average Bonchev–Trinajstić information content (AvgIpc) is 2.37. The third kappa shape index (κ3) is 3.14. The standard InChI is InChI=1S/C15H14F2O/c16-14-6-4-12(5-7-14)13(10-18)8-11-2-1-3-15(17)9-11/h1-7,9,13,18H,8,10H2. The zero-order valence-electron chi connectivity index (χ0n) is 9.81. The van der Waals surface area contributed by atoms with Crippen LogP contribution < -0.4 is 0 Å². The largest absolute Gasteiger partial charge is 0.396 e. The van der Waals surface area contributed by atoms with Crippen molar-refractivity contribution in [2.75, 3.05) is 6.61 Å². The van der Waals surface area contributed by atoms with Crippen molar-refractivity contribution in [1.29, 1.82) is 0 Å². The van der Waals surface area contributed by atoms with E-state index in [4.69, 9.17) is 0 Å². The number of benzene rings is 2. The molecule has 0 aliphatic rings. The van der Waals surface area contributed by atoms with E-state index in [1.165, 1.54) is 24.3 Å². The average molecular weight is 248 g/mol. The summed E-state index contributed by atoms with van der Waals surface area (Å²) in [5.74, 6) is -0.739. The number of hydrogen-bond acceptors (Lipinski definition) is 1. The van der Waals surface area contributed by atoms with Crippen molar-refractivity contribution in [2.24, 2.45) is 0 Å². The first-order valence-electron chi connectivity index (χ1n) is 5.80. The molecule has 0 fully saturated rings. The quantitative estimate of drug-likeness (QED) is 0.880. The Balaban J connectivity index is 2.17. The van der Waals surface area contributed by atoms with Gasteiger partial charge >= 0.3 is 0 Å². The fraction of sp³-hybridized carbons (Fsp3) is 0.200. The third-order valence-corrected chi connectivity index (χ3v) is 2.93. The molecule has 0 heterocycles. The van der Waals surface area contributed by atoms with Crippen molar-refractivity contribution >= 4 is 0 Å². The molecule has 0 saturated heterocycles. The summed E-state index contributed by atoms with van der Waals surface area (Å²) < 4.78 is 25.9. The smallest absolute Gasteiger partial charge is 0.123 e. The molecule has 0 aliphatic heterocycles. The molecule has 0 aliphatic carbocycles. The van der Waals surface area contributed by atoms with Gasteiger partial charge in [0.2, 0.25) is 0 Å². The normalized spacial score (nSPS) is 12.4. The Kier molecular flexibility index (Phi) is 4.05. The SMILES string of the molecule is OCC(Cc1cccc(F)c1)c1ccc(F)cc1. The van der Waals surface area contributed by atoms with Gasteiger partial charge in [-0.1, -0.05) is 24.3 Å². The minimum Gasteiger partial charge on any atom is -0.396 e. The van der Waals surface area contributed by atoms with Crippen LogP contribution in [-0.4, -0.2) is 11.7 Å². The summed E-state index contributed by atoms with van der Waals surface area (Å²) in [6, 6.07) is 12.3. The van der Waals surface area contributed by atoms with Gasteiger partial charge in [0, 0.05) is 5.92 Å². The van der Waals surface area contributed by atoms with Crippen LogP contribution in [0.4, 0.5) is 8.78 Å². The second-order valence-electron chi connectivity index (χ2n) is 4.27. The van der Waals surface area contributed by atoms with Crippen molar-refractivity contribution < 1.29 is 13.9 Å². The maximum Gasteiger partial charge on any atom is 0.123 e. The molecule has 0 radical (unpaired) electrons. The van der Waals surface area contributed by atoms with Crippen LogP contribution >= 0.6 is 0 Å². The third-order valence-electron chi connectivity index (χ3n) is 2.93. The number of hydrogen-bond donors (Lipinski definition) is 1. The lowest BCUT2D eigenvalue weighted by Crippen LogP contribution is -2.08. The van der Waals surface area contributed by atoms with Crippen molar-refractivity contribution in [1.82, 2.24) is 0 Å². The molecule has 2 aromatic carbocycles. The molecule has 94 valence electrons. The van der Waals surface area contributed by atoms with Crippen molar-refractivity contribution in [3.05, 3.63) is 71.3 Å². The van der Waals surface area contributed by atoms with Crippen LogP contribution in [0.25, 0.3) is 0 Å². The second-order valence-corrected chi connectivity index (χ2v) is 4.27. The van der Waals surface area contributed by atoms with Gasteiger partial charge in [-0.2, -0.15) is 0 Å². The van der Waals surface area contributed by atoms with E-state index in [1.807, 2.05) is 6.07 Å². The maximum absolute atomic E-state index is 13.1. The molecular weight excluding hydrogens is 234 g/mol. The summed E-state index contributed by atoms with van der Waals surface area (Å²) in [5.41, 5.74) is 1.67. The van der Waals surface area contributed by atoms with Crippen LogP contribution in [0.5, 0.6) is 0 Å². The Morgan fingerprint density at radius 2 is 1.67 bits per heavy atom. The van der Waals surface area contributed by atoms with E-state index in [9.17, 15) is 13.9 Å². The molecule has 0 bridgehead atoms. The van der Waals surface area contributed by atoms with Gasteiger partial charge in [0.25, 0.3) is 0 Å². The molecule has 1 unspecified atom stereocenters. The van der Waals surface area contributed by atoms with Gasteiger partial charge in [0.15, 0.2) is 0 Å². The molecule has 0 saturated carbocycles. The molecule has 1 nitrogen and oxygen atoms in total. The highest BCUT2D eigenvalue weighted by Gasteiger charge is 2.11. The van der Waals surface area contributed by atoms with Crippen molar-refractivity contribution in [2.45, 2.75) is 12.3 Å². The van der Waals surface area contributed by atoms with Crippen LogP contribution in [0.1, 0.15) is 17.0 Å². The minimum atomic E-state index is -0.304. The van der Waals surface area contributed by atoms with Crippen LogP contribution in [0.3, 0.4) is 0 Å². The lowest BCUT2D eigenvalue weighted by atomic mass is 9.93. The second kappa shape index (κ2) is 5.74. The summed E-state index contributed by atoms with van der Waals surface area (Å²) in [6.45, 7) is -0.0534. The predicted molar refractivity (Wildman–Crippen MR) is 66.3 cm³/mol. The van der Waals surface area contributed by atoms with Gasteiger partial charge in [0.1, 0.15) is 11.6 Å². The Labute approximate surface area is 105 Å². The first kappa shape index (κ1) is 12.7. The monoisotopic (exact) mass is 248 g/mol. The number of halogens is 2. The molecule has 1 atom stereocenters. The summed E-state index contributed by atoms with van der Waals surface area (Å²) in [6.07, 6.45) is 0.528. The van der Waals surface area contributed by atoms with E-state index in [-0.39, 0.29) is 24.2 Å². The zero-order valence-corrected chi connectivity index (χ0v) is 9.81. The molecule has 18 heavy (non-hydrogen) atoms. The zero-order chi connectivity index (χ0) is 13.0. The minimum absolute atomic E-state index is 0.0534. The maximum atomic E-state index is 13.1. The van der Waals surface area contributed by atoms with Crippen LogP contribution in [0, 0.1) is 11.6 Å². The lowest BCUT2D eigenvalue weighted by Gasteiger charge is -2.14. The molecule has 2 aromatic rings. The topological polar surface area (TPSA) is 20.2 Å². The first-order chi connectivity index (χ1) is 8.69. The molecule has 0 amide bonds. The summed E-state index contributed by atoms with van der Waals surface area (Å²) in [7, 11) is 0. The molecule has 1 N–H and O–H groups in total. The highest BCUT2D eigenvalue weighted by atomic mass is 19.1. The van der Waals surface area contributed by atoms with E-state index in [0.29, 0.717) is 6.42 Å². The molecular formula is C15H14F2O. The Morgan fingerprint density at radius 3 is 2.28 bits per heavy atom. The lowest BCUT2D eigenvalue weighted by molar-refractivity contribution is 0.264. The molecule has 3 heteroatoms. The van der Waals surface area contributed by atoms with Gasteiger partial charge in [0.05, 0.1) is 6.61 Å². The summed E-state index contributed by atoms with van der Waals surface area (Å²) in [4.78, 5) is 0. The summed E-state index contributed by atoms with van der Waals surface area (Å²) >= 11 is 0. The molecule has 0 spiro atoms. The van der Waals surface area contributed by atoms with E-state index in [2.05, 4.69) is 0 Å². The molecule has 2 rings (SSSR count). The van der Waals surface area contributed by atoms with Crippen molar-refractivity contribution in [3.8, 4) is 0 Å². The summed E-state index contributed by atoms with van der Waals surface area (Å²) in [5, 5.41) is 9.39. The Bertz CT molecular complexity index is 508. The van der Waals surface area contributed by atoms with E-state index >= 15 is 0 Å². The number of rotatable bonds is 4. The Morgan fingerprint density at radius 1 is 0.944 bits per heavy atom. The highest BCUT2D eigenvalue weighted by Crippen LogP contribution is 2.21. The van der Waals surface area contributed by atoms with Crippen LogP contribution in [-0.2, 0) is 6.42 Å². The van der Waals surface area contributed by atoms with Gasteiger partial charge in [-0.25, -0.2) is 8.78 Å². The van der Waals surface area contributed by atoms with E-state index in [0.717, 1.165) is 11.1 Å². The van der Waals surface area contributed by atoms with E-state index < -0.39 is 0 Å². The number of aliphatic hydroxyl groups is 1. The predicted octanol–water partition coefficient (Wildman–Crippen LogP) is 3.28. The van der Waals surface area contributed by atoms with Gasteiger partial charge in [-0.3, -0.25) is 0 Å². The molecule has 0 aromatic heterocycles. The first-order valence-corrected chi connectivity index (χ1v) is 5.80. The van der Waals surface area contributed by atoms with Crippen molar-refractivity contribution in [3.63, 3.8) is 0 Å². The fourth-order valence-electron chi connectivity index (χ4n) is 1.97. The van der Waals surface area contributed by atoms with Crippen LogP contribution in [0.15, 0.2) is 48.5 Å². The van der Waals surface area contributed by atoms with Gasteiger partial charge < -0.3 is 5.11 Å². The van der Waals surface area contributed by atoms with Gasteiger partial charge in [-0.05, 0) is 41.8 Å². The van der Waals surface area contributed by atoms with Gasteiger partial charge in [-0.15, -0.1) is 0 Å². The number of aliphatic hydroxyl groups excluding tert-OH is 1.